The number of carbonyl (C=O) groups is 1. The fourth-order valence-corrected chi connectivity index (χ4v) is 1.93. The number of aromatic amines is 2. The number of H-pyrrole nitrogens is 2. The van der Waals surface area contributed by atoms with Crippen LogP contribution in [0, 0.1) is 4.77 Å². The minimum Gasteiger partial charge on any atom is -0.481 e. The number of carboxylic acid groups (broad SMARTS) is 1. The zero-order chi connectivity index (χ0) is 11.7. The molecule has 0 bridgehead atoms. The van der Waals surface area contributed by atoms with Crippen LogP contribution in [0.4, 0.5) is 0 Å². The molecule has 1 heterocycles. The number of hydrogen-bond donors (Lipinski definition) is 3. The van der Waals surface area contributed by atoms with Crippen molar-refractivity contribution in [3.8, 4) is 0 Å². The van der Waals surface area contributed by atoms with Gasteiger partial charge in [-0.05, 0) is 37.4 Å². The van der Waals surface area contributed by atoms with E-state index in [1.807, 2.05) is 0 Å². The summed E-state index contributed by atoms with van der Waals surface area (Å²) in [6.07, 6.45) is 2.29. The maximum absolute atomic E-state index is 11.7. The van der Waals surface area contributed by atoms with E-state index in [1.54, 1.807) is 0 Å². The lowest BCUT2D eigenvalue weighted by molar-refractivity contribution is -0.136. The molecule has 0 aromatic carbocycles. The molecule has 5 nitrogen and oxygen atoms in total. The molecule has 1 saturated carbocycles. The first-order valence-electron chi connectivity index (χ1n) is 5.15. The topological polar surface area (TPSA) is 85.9 Å². The van der Waals surface area contributed by atoms with Crippen LogP contribution in [-0.4, -0.2) is 21.0 Å². The molecule has 1 fully saturated rings. The van der Waals surface area contributed by atoms with E-state index in [1.165, 1.54) is 0 Å². The highest BCUT2D eigenvalue weighted by Gasteiger charge is 2.28. The second kappa shape index (κ2) is 4.21. The summed E-state index contributed by atoms with van der Waals surface area (Å²) < 4.78 is 0.311. The first kappa shape index (κ1) is 11.1. The number of carboxylic acids is 1. The van der Waals surface area contributed by atoms with E-state index in [-0.39, 0.29) is 18.4 Å². The van der Waals surface area contributed by atoms with Gasteiger partial charge in [0.25, 0.3) is 5.56 Å². The normalized spacial score (nSPS) is 15.0. The van der Waals surface area contributed by atoms with Gasteiger partial charge >= 0.3 is 5.97 Å². The molecule has 0 amide bonds. The lowest BCUT2D eigenvalue weighted by atomic mass is 10.1. The molecule has 16 heavy (non-hydrogen) atoms. The molecule has 0 atom stereocenters. The van der Waals surface area contributed by atoms with Crippen molar-refractivity contribution in [3.05, 3.63) is 26.4 Å². The second-order valence-electron chi connectivity index (χ2n) is 3.97. The smallest absolute Gasteiger partial charge is 0.303 e. The van der Waals surface area contributed by atoms with E-state index >= 15 is 0 Å². The van der Waals surface area contributed by atoms with Gasteiger partial charge in [0.15, 0.2) is 4.77 Å². The van der Waals surface area contributed by atoms with Gasteiger partial charge in [-0.3, -0.25) is 14.6 Å². The van der Waals surface area contributed by atoms with E-state index < -0.39 is 5.97 Å². The summed E-state index contributed by atoms with van der Waals surface area (Å²) in [4.78, 5) is 27.6. The van der Waals surface area contributed by atoms with Crippen molar-refractivity contribution in [1.29, 1.82) is 0 Å². The summed E-state index contributed by atoms with van der Waals surface area (Å²) in [5, 5.41) is 8.62. The Morgan fingerprint density at radius 2 is 2.12 bits per heavy atom. The van der Waals surface area contributed by atoms with E-state index in [2.05, 4.69) is 9.97 Å². The van der Waals surface area contributed by atoms with Crippen LogP contribution in [0.1, 0.15) is 36.4 Å². The van der Waals surface area contributed by atoms with Crippen molar-refractivity contribution in [2.75, 3.05) is 0 Å². The summed E-state index contributed by atoms with van der Waals surface area (Å²) in [7, 11) is 0. The molecule has 0 unspecified atom stereocenters. The Morgan fingerprint density at radius 3 is 2.69 bits per heavy atom. The van der Waals surface area contributed by atoms with Crippen LogP contribution >= 0.6 is 12.2 Å². The number of nitrogens with one attached hydrogen (secondary N) is 2. The molecule has 1 aliphatic carbocycles. The van der Waals surface area contributed by atoms with Gasteiger partial charge in [-0.25, -0.2) is 0 Å². The van der Waals surface area contributed by atoms with Crippen molar-refractivity contribution in [3.63, 3.8) is 0 Å². The highest BCUT2D eigenvalue weighted by molar-refractivity contribution is 7.71. The van der Waals surface area contributed by atoms with E-state index in [9.17, 15) is 9.59 Å². The first-order chi connectivity index (χ1) is 7.58. The summed E-state index contributed by atoms with van der Waals surface area (Å²) in [6.45, 7) is 0. The number of aromatic nitrogens is 2. The lowest BCUT2D eigenvalue weighted by Gasteiger charge is -2.06. The molecule has 0 aliphatic heterocycles. The third kappa shape index (κ3) is 2.38. The van der Waals surface area contributed by atoms with Gasteiger partial charge in [0.05, 0.1) is 0 Å². The van der Waals surface area contributed by atoms with Crippen molar-refractivity contribution in [2.45, 2.75) is 31.6 Å². The average Bonchev–Trinajstić information content (AvgIpc) is 2.97. The fraction of sp³-hybridized carbons (Fsp3) is 0.500. The van der Waals surface area contributed by atoms with Crippen LogP contribution in [-0.2, 0) is 11.2 Å². The van der Waals surface area contributed by atoms with Crippen molar-refractivity contribution in [1.82, 2.24) is 9.97 Å². The monoisotopic (exact) mass is 240 g/mol. The Balaban J connectivity index is 2.37. The van der Waals surface area contributed by atoms with Gasteiger partial charge in [0, 0.05) is 17.7 Å². The average molecular weight is 240 g/mol. The predicted octanol–water partition coefficient (Wildman–Crippen LogP) is 1.33. The zero-order valence-electron chi connectivity index (χ0n) is 8.58. The zero-order valence-corrected chi connectivity index (χ0v) is 9.39. The Bertz CT molecular complexity index is 528. The fourth-order valence-electron chi connectivity index (χ4n) is 1.73. The predicted molar refractivity (Wildman–Crippen MR) is 60.2 cm³/mol. The maximum Gasteiger partial charge on any atom is 0.303 e. The Morgan fingerprint density at radius 1 is 1.44 bits per heavy atom. The summed E-state index contributed by atoms with van der Waals surface area (Å²) in [5.74, 6) is -0.545. The van der Waals surface area contributed by atoms with Gasteiger partial charge in [-0.1, -0.05) is 0 Å². The third-order valence-corrected chi connectivity index (χ3v) is 2.85. The molecule has 0 saturated heterocycles. The number of rotatable bonds is 4. The summed E-state index contributed by atoms with van der Waals surface area (Å²) in [5.41, 5.74) is 1.11. The van der Waals surface area contributed by atoms with Gasteiger partial charge < -0.3 is 10.1 Å². The van der Waals surface area contributed by atoms with Gasteiger partial charge in [0.1, 0.15) is 0 Å². The van der Waals surface area contributed by atoms with Gasteiger partial charge in [-0.15, -0.1) is 0 Å². The quantitative estimate of drug-likeness (QED) is 0.693. The molecule has 1 aromatic heterocycles. The van der Waals surface area contributed by atoms with Crippen molar-refractivity contribution in [2.24, 2.45) is 0 Å². The third-order valence-electron chi connectivity index (χ3n) is 2.65. The largest absolute Gasteiger partial charge is 0.481 e. The number of aliphatic carboxylic acids is 1. The highest BCUT2D eigenvalue weighted by atomic mass is 32.1. The molecule has 3 N–H and O–H groups in total. The molecular formula is C10H12N2O3S. The van der Waals surface area contributed by atoms with Crippen LogP contribution in [0.25, 0.3) is 0 Å². The second-order valence-corrected chi connectivity index (χ2v) is 4.38. The molecule has 1 aromatic rings. The minimum absolute atomic E-state index is 0.0343. The van der Waals surface area contributed by atoms with Crippen molar-refractivity contribution >= 4 is 18.2 Å². The standard InChI is InChI=1S/C10H12N2O3S/c13-7(14)4-3-6-8(5-1-2-5)11-10(16)12-9(6)15/h5H,1-4H2,(H,13,14)(H2,11,12,15,16). The van der Waals surface area contributed by atoms with Crippen LogP contribution in [0.5, 0.6) is 0 Å². The minimum atomic E-state index is -0.899. The summed E-state index contributed by atoms with van der Waals surface area (Å²) in [6, 6.07) is 0. The van der Waals surface area contributed by atoms with Gasteiger partial charge in [-0.2, -0.15) is 0 Å². The summed E-state index contributed by atoms with van der Waals surface area (Å²) >= 11 is 4.90. The maximum atomic E-state index is 11.7. The van der Waals surface area contributed by atoms with Crippen LogP contribution in [0.15, 0.2) is 4.79 Å². The van der Waals surface area contributed by atoms with E-state index in [4.69, 9.17) is 17.3 Å². The lowest BCUT2D eigenvalue weighted by Crippen LogP contribution is -2.18. The Labute approximate surface area is 96.5 Å². The molecule has 2 rings (SSSR count). The molecule has 0 radical (unpaired) electrons. The van der Waals surface area contributed by atoms with E-state index in [0.717, 1.165) is 18.5 Å². The Hall–Kier alpha value is -1.43. The molecule has 1 aliphatic rings. The Kier molecular flexibility index (Phi) is 2.91. The van der Waals surface area contributed by atoms with Crippen LogP contribution in [0.3, 0.4) is 0 Å². The van der Waals surface area contributed by atoms with Crippen molar-refractivity contribution < 1.29 is 9.90 Å². The van der Waals surface area contributed by atoms with Crippen LogP contribution < -0.4 is 5.56 Å². The van der Waals surface area contributed by atoms with Gasteiger partial charge in [0.2, 0.25) is 0 Å². The molecule has 0 spiro atoms. The van der Waals surface area contributed by atoms with E-state index in [0.29, 0.717) is 16.3 Å². The molecule has 86 valence electrons. The van der Waals surface area contributed by atoms with Crippen LogP contribution in [0.2, 0.25) is 0 Å². The SMILES string of the molecule is O=C(O)CCc1c(C2CC2)[nH]c(=S)[nH]c1=O. The number of hydrogen-bond acceptors (Lipinski definition) is 3. The molecular weight excluding hydrogens is 228 g/mol. The highest BCUT2D eigenvalue weighted by Crippen LogP contribution is 2.39. The first-order valence-corrected chi connectivity index (χ1v) is 5.56. The molecule has 6 heteroatoms.